The summed E-state index contributed by atoms with van der Waals surface area (Å²) in [4.78, 5) is 19.5. The molecule has 44 valence electrons. The normalized spacial score (nSPS) is 7.62. The van der Waals surface area contributed by atoms with E-state index in [1.165, 1.54) is 5.48 Å². The largest absolute Gasteiger partial charge is 0.489 e. The van der Waals surface area contributed by atoms with Gasteiger partial charge in [-0.3, -0.25) is 14.8 Å². The molecule has 0 radical (unpaired) electrons. The molecule has 0 saturated carbocycles. The predicted molar refractivity (Wildman–Crippen MR) is 25.5 cm³/mol. The summed E-state index contributed by atoms with van der Waals surface area (Å²) in [5, 5.41) is 15.6. The molecule has 0 aromatic rings. The van der Waals surface area contributed by atoms with Crippen molar-refractivity contribution < 1.29 is 19.9 Å². The number of rotatable bonds is 2. The molecule has 0 rings (SSSR count). The zero-order chi connectivity index (χ0) is 6.57. The van der Waals surface area contributed by atoms with Gasteiger partial charge in [-0.1, -0.05) is 0 Å². The van der Waals surface area contributed by atoms with Gasteiger partial charge in [-0.05, 0) is 0 Å². The van der Waals surface area contributed by atoms with Crippen LogP contribution in [0.2, 0.25) is 0 Å². The number of carboxylic acid groups (broad SMARTS) is 1. The van der Waals surface area contributed by atoms with Crippen molar-refractivity contribution in [2.75, 3.05) is 0 Å². The molecular formula is C2H4BNO4. The van der Waals surface area contributed by atoms with Crippen LogP contribution in [-0.2, 0) is 0 Å². The number of carbonyl (C=O) groups is 2. The van der Waals surface area contributed by atoms with Crippen LogP contribution in [0.25, 0.3) is 0 Å². The Morgan fingerprint density at radius 3 is 2.12 bits per heavy atom. The van der Waals surface area contributed by atoms with E-state index < -0.39 is 19.0 Å². The number of nitrogens with one attached hydrogen (secondary N) is 1. The smallest absolute Gasteiger partial charge is 0.369 e. The zero-order valence-electron chi connectivity index (χ0n) is 3.92. The molecule has 0 spiro atoms. The fraction of sp³-hybridized carbons (Fsp3) is 0. The first-order valence-corrected chi connectivity index (χ1v) is 1.81. The first-order valence-electron chi connectivity index (χ1n) is 1.81. The standard InChI is InChI=1S/C2H4BNO4/c5-1(4-8)3-2(6)7/h3,8H,(H,4,5)(H,6,7). The first kappa shape index (κ1) is 6.96. The Kier molecular flexibility index (Phi) is 2.64. The Labute approximate surface area is 45.5 Å². The molecule has 0 aromatic heterocycles. The van der Waals surface area contributed by atoms with Crippen molar-refractivity contribution in [3.05, 3.63) is 0 Å². The van der Waals surface area contributed by atoms with Crippen molar-refractivity contribution in [2.45, 2.75) is 0 Å². The van der Waals surface area contributed by atoms with Gasteiger partial charge in [0.1, 0.15) is 0 Å². The highest BCUT2D eigenvalue weighted by Crippen LogP contribution is 1.66. The van der Waals surface area contributed by atoms with Gasteiger partial charge in [0.05, 0.1) is 0 Å². The van der Waals surface area contributed by atoms with E-state index in [9.17, 15) is 9.59 Å². The molecule has 3 N–H and O–H groups in total. The molecule has 0 unspecified atom stereocenters. The maximum atomic E-state index is 9.88. The van der Waals surface area contributed by atoms with E-state index in [0.29, 0.717) is 0 Å². The molecule has 6 heteroatoms. The molecule has 8 heavy (non-hydrogen) atoms. The molecule has 0 aromatic carbocycles. The Bertz CT molecular complexity index is 113. The number of hydroxylamine groups is 1. The van der Waals surface area contributed by atoms with E-state index >= 15 is 0 Å². The third kappa shape index (κ3) is 3.17. The van der Waals surface area contributed by atoms with Crippen LogP contribution in [0.15, 0.2) is 0 Å². The fourth-order valence-corrected chi connectivity index (χ4v) is 0.177. The van der Waals surface area contributed by atoms with Crippen molar-refractivity contribution in [1.29, 1.82) is 0 Å². The van der Waals surface area contributed by atoms with Crippen LogP contribution in [0.1, 0.15) is 0 Å². The van der Waals surface area contributed by atoms with Crippen LogP contribution >= 0.6 is 0 Å². The summed E-state index contributed by atoms with van der Waals surface area (Å²) < 4.78 is 0. The number of carbonyl (C=O) groups excluding carboxylic acids is 1. The molecule has 0 bridgehead atoms. The second kappa shape index (κ2) is 3.03. The van der Waals surface area contributed by atoms with Crippen molar-refractivity contribution in [2.24, 2.45) is 0 Å². The van der Waals surface area contributed by atoms with Gasteiger partial charge in [-0.25, -0.2) is 5.48 Å². The van der Waals surface area contributed by atoms with Gasteiger partial charge in [0.2, 0.25) is 5.81 Å². The van der Waals surface area contributed by atoms with E-state index in [1.807, 2.05) is 0 Å². The lowest BCUT2D eigenvalue weighted by atomic mass is 9.78. The lowest BCUT2D eigenvalue weighted by Crippen LogP contribution is -2.28. The molecule has 0 heterocycles. The summed E-state index contributed by atoms with van der Waals surface area (Å²) in [5.41, 5.74) is 1.18. The molecular weight excluding hydrogens is 113 g/mol. The van der Waals surface area contributed by atoms with Gasteiger partial charge < -0.3 is 5.11 Å². The number of hydrogen-bond donors (Lipinski definition) is 3. The average Bonchev–Trinajstić information content (AvgIpc) is 1.65. The van der Waals surface area contributed by atoms with Gasteiger partial charge in [0.15, 0.2) is 0 Å². The molecule has 0 aliphatic rings. The zero-order valence-corrected chi connectivity index (χ0v) is 3.92. The highest BCUT2D eigenvalue weighted by atomic mass is 16.5. The van der Waals surface area contributed by atoms with Gasteiger partial charge in [-0.2, -0.15) is 0 Å². The summed E-state index contributed by atoms with van der Waals surface area (Å²) in [6, 6.07) is 0. The minimum atomic E-state index is -1.27. The summed E-state index contributed by atoms with van der Waals surface area (Å²) in [6.07, 6.45) is 0. The van der Waals surface area contributed by atoms with Crippen LogP contribution in [0, 0.1) is 0 Å². The number of hydrogen-bond acceptors (Lipinski definition) is 3. The van der Waals surface area contributed by atoms with Crippen molar-refractivity contribution in [1.82, 2.24) is 5.48 Å². The second-order valence-corrected chi connectivity index (χ2v) is 1.11. The Morgan fingerprint density at radius 1 is 1.50 bits per heavy atom. The van der Waals surface area contributed by atoms with Crippen molar-refractivity contribution >= 4 is 19.0 Å². The molecule has 5 nitrogen and oxygen atoms in total. The minimum Gasteiger partial charge on any atom is -0.489 e. The first-order chi connectivity index (χ1) is 3.66. The monoisotopic (exact) mass is 117 g/mol. The molecule has 0 fully saturated rings. The van der Waals surface area contributed by atoms with E-state index in [-0.39, 0.29) is 0 Å². The van der Waals surface area contributed by atoms with Crippen molar-refractivity contribution in [3.8, 4) is 0 Å². The molecule has 0 saturated heterocycles. The summed E-state index contributed by atoms with van der Waals surface area (Å²) in [6.45, 7) is 0. The lowest BCUT2D eigenvalue weighted by Gasteiger charge is -1.87. The number of amides is 1. The lowest BCUT2D eigenvalue weighted by molar-refractivity contribution is 0.178. The quantitative estimate of drug-likeness (QED) is 0.251. The van der Waals surface area contributed by atoms with Gasteiger partial charge in [-0.15, -0.1) is 0 Å². The SMILES string of the molecule is O=C(O)BC(=O)NO. The van der Waals surface area contributed by atoms with Crippen LogP contribution < -0.4 is 5.48 Å². The molecule has 1 amide bonds. The van der Waals surface area contributed by atoms with Gasteiger partial charge >= 0.3 is 7.28 Å². The van der Waals surface area contributed by atoms with E-state index in [1.54, 1.807) is 0 Å². The summed E-state index contributed by atoms with van der Waals surface area (Å²) in [7, 11) is -0.698. The topological polar surface area (TPSA) is 86.6 Å². The van der Waals surface area contributed by atoms with E-state index in [2.05, 4.69) is 0 Å². The predicted octanol–water partition coefficient (Wildman–Crippen LogP) is -0.800. The summed E-state index contributed by atoms with van der Waals surface area (Å²) in [5.74, 6) is -2.19. The molecule has 0 atom stereocenters. The molecule has 0 aliphatic heterocycles. The Balaban J connectivity index is 3.40. The van der Waals surface area contributed by atoms with E-state index in [0.717, 1.165) is 0 Å². The maximum Gasteiger partial charge on any atom is 0.369 e. The molecule has 0 aliphatic carbocycles. The highest BCUT2D eigenvalue weighted by Gasteiger charge is 2.08. The van der Waals surface area contributed by atoms with E-state index in [4.69, 9.17) is 10.3 Å². The van der Waals surface area contributed by atoms with Gasteiger partial charge in [0, 0.05) is 0 Å². The highest BCUT2D eigenvalue weighted by molar-refractivity contribution is 6.95. The maximum absolute atomic E-state index is 9.88. The minimum absolute atomic E-state index is 0.698. The second-order valence-electron chi connectivity index (χ2n) is 1.11. The van der Waals surface area contributed by atoms with Crippen LogP contribution in [0.5, 0.6) is 0 Å². The Morgan fingerprint density at radius 2 is 2.00 bits per heavy atom. The van der Waals surface area contributed by atoms with Crippen LogP contribution in [0.4, 0.5) is 9.59 Å². The summed E-state index contributed by atoms with van der Waals surface area (Å²) >= 11 is 0. The average molecular weight is 117 g/mol. The third-order valence-corrected chi connectivity index (χ3v) is 0.436. The fourth-order valence-electron chi connectivity index (χ4n) is 0.177. The van der Waals surface area contributed by atoms with Crippen molar-refractivity contribution in [3.63, 3.8) is 0 Å². The van der Waals surface area contributed by atoms with Crippen LogP contribution in [0.3, 0.4) is 0 Å². The Hall–Kier alpha value is -1.04. The van der Waals surface area contributed by atoms with Gasteiger partial charge in [0.25, 0.3) is 5.87 Å². The van der Waals surface area contributed by atoms with Crippen LogP contribution in [-0.4, -0.2) is 29.3 Å². The third-order valence-electron chi connectivity index (χ3n) is 0.436.